The van der Waals surface area contributed by atoms with Gasteiger partial charge in [0.15, 0.2) is 18.2 Å². The summed E-state index contributed by atoms with van der Waals surface area (Å²) in [6.07, 6.45) is 4.67. The molecule has 0 bridgehead atoms. The van der Waals surface area contributed by atoms with Crippen molar-refractivity contribution in [2.75, 3.05) is 11.9 Å². The number of hydrogen-bond acceptors (Lipinski definition) is 8. The number of nitrogens with one attached hydrogen (secondary N) is 1. The molecule has 200 valence electrons. The summed E-state index contributed by atoms with van der Waals surface area (Å²) in [6, 6.07) is 11.8. The van der Waals surface area contributed by atoms with E-state index in [2.05, 4.69) is 23.6 Å². The van der Waals surface area contributed by atoms with Gasteiger partial charge in [0.2, 0.25) is 0 Å². The van der Waals surface area contributed by atoms with Gasteiger partial charge in [-0.2, -0.15) is 0 Å². The minimum absolute atomic E-state index is 0. The van der Waals surface area contributed by atoms with Crippen molar-refractivity contribution >= 4 is 69.3 Å². The van der Waals surface area contributed by atoms with E-state index < -0.39 is 22.1 Å². The molecule has 6 N–H and O–H groups in total. The van der Waals surface area contributed by atoms with Crippen molar-refractivity contribution in [3.05, 3.63) is 59.2 Å². The topological polar surface area (TPSA) is 154 Å². The Kier molecular flexibility index (Phi) is 9.72. The number of primary amides is 1. The van der Waals surface area contributed by atoms with Crippen LogP contribution in [0.15, 0.2) is 57.3 Å². The zero-order chi connectivity index (χ0) is 26.8. The Morgan fingerprint density at radius 3 is 2.39 bits per heavy atom. The fraction of sp³-hybridized carbons (Fsp3) is 0.370. The number of nitrogens with two attached hydrogens (primary N) is 1. The van der Waals surface area contributed by atoms with Crippen molar-refractivity contribution < 1.29 is 28.5 Å². The van der Waals surface area contributed by atoms with Gasteiger partial charge in [-0.1, -0.05) is 74.6 Å². The number of carbonyl (C=O) groups excluding carboxylic acids is 2. The number of anilines is 1. The van der Waals surface area contributed by atoms with E-state index in [1.807, 2.05) is 12.1 Å². The van der Waals surface area contributed by atoms with E-state index in [0.717, 1.165) is 31.2 Å². The molecule has 1 amide bonds. The number of ketones is 1. The number of unbranched alkanes of at least 4 members (excludes halogenated alkanes) is 2. The van der Waals surface area contributed by atoms with Crippen LogP contribution in [-0.2, 0) is 15.0 Å². The Labute approximate surface area is 246 Å². The van der Waals surface area contributed by atoms with Crippen molar-refractivity contribution in [2.24, 2.45) is 10.1 Å². The fourth-order valence-electron chi connectivity index (χ4n) is 5.02. The number of benzene rings is 2. The van der Waals surface area contributed by atoms with Gasteiger partial charge in [-0.15, -0.1) is 4.40 Å². The number of rotatable bonds is 10. The molecule has 1 heterocycles. The Morgan fingerprint density at radius 1 is 1.11 bits per heavy atom. The summed E-state index contributed by atoms with van der Waals surface area (Å²) in [5.74, 6) is -1.07. The number of aliphatic hydroxyl groups is 1. The molecule has 11 heteroatoms. The normalized spacial score (nSPS) is 17.8. The third-order valence-corrected chi connectivity index (χ3v) is 8.21. The van der Waals surface area contributed by atoms with Crippen molar-refractivity contribution in [1.82, 2.24) is 0 Å². The summed E-state index contributed by atoms with van der Waals surface area (Å²) >= 11 is 0. The van der Waals surface area contributed by atoms with E-state index in [1.165, 1.54) is 18.2 Å². The summed E-state index contributed by atoms with van der Waals surface area (Å²) in [6.45, 7) is 3.77. The van der Waals surface area contributed by atoms with Crippen molar-refractivity contribution in [1.29, 1.82) is 0 Å². The molecule has 0 aromatic heterocycles. The van der Waals surface area contributed by atoms with Gasteiger partial charge in [-0.05, 0) is 30.5 Å². The number of fused-ring (bicyclic) bond motifs is 2. The molecule has 1 aliphatic carbocycles. The monoisotopic (exact) mass is 551 g/mol. The first-order valence-electron chi connectivity index (χ1n) is 12.4. The molecule has 38 heavy (non-hydrogen) atoms. The van der Waals surface area contributed by atoms with E-state index in [4.69, 9.17) is 10.5 Å². The van der Waals surface area contributed by atoms with Gasteiger partial charge < -0.3 is 20.9 Å². The van der Waals surface area contributed by atoms with E-state index in [0.29, 0.717) is 24.1 Å². The number of Topliss-reactive ketones (excluding diaryl/α,β-unsaturated/α-hetero) is 1. The first-order valence-corrected chi connectivity index (χ1v) is 13.9. The molecule has 0 saturated carbocycles. The third kappa shape index (κ3) is 5.66. The van der Waals surface area contributed by atoms with Crippen LogP contribution in [0.3, 0.4) is 0 Å². The van der Waals surface area contributed by atoms with Gasteiger partial charge in [0, 0.05) is 11.6 Å². The third-order valence-electron chi connectivity index (χ3n) is 6.85. The standard InChI is InChI=1S/C27H33N3O6S.Na.H/c1-3-5-13-27(14-6-4-2)19-10-8-7-9-18(19)24(32)23(25(27)33)26-29-20-12-11-17(36-16-22(28)31)15-21(20)37(34,35)30-26;;/h7-12,15,32,34-35H,3-6,13-14,16H2,1-2H3,(H2,28,31)(H,29,30);;. The van der Waals surface area contributed by atoms with Crippen molar-refractivity contribution in [3.8, 4) is 5.75 Å². The van der Waals surface area contributed by atoms with Crippen LogP contribution in [0.2, 0.25) is 0 Å². The van der Waals surface area contributed by atoms with Crippen LogP contribution < -0.4 is 15.8 Å². The molecule has 2 aliphatic rings. The quantitative estimate of drug-likeness (QED) is 0.263. The number of aliphatic hydroxyl groups excluding tert-OH is 1. The molecular weight excluding hydrogens is 517 g/mol. The zero-order valence-electron chi connectivity index (χ0n) is 21.0. The first-order chi connectivity index (χ1) is 17.6. The van der Waals surface area contributed by atoms with Crippen LogP contribution in [0.4, 0.5) is 5.69 Å². The second-order valence-electron chi connectivity index (χ2n) is 9.38. The molecule has 9 nitrogen and oxygen atoms in total. The molecule has 0 unspecified atom stereocenters. The molecule has 2 aromatic rings. The Bertz CT molecular complexity index is 1290. The number of amidine groups is 1. The van der Waals surface area contributed by atoms with Gasteiger partial charge >= 0.3 is 29.6 Å². The second kappa shape index (κ2) is 12.2. The van der Waals surface area contributed by atoms with E-state index in [1.54, 1.807) is 12.1 Å². The maximum absolute atomic E-state index is 14.3. The van der Waals surface area contributed by atoms with Gasteiger partial charge in [0.1, 0.15) is 22.0 Å². The summed E-state index contributed by atoms with van der Waals surface area (Å²) in [4.78, 5) is 25.4. The molecule has 0 saturated heterocycles. The summed E-state index contributed by atoms with van der Waals surface area (Å²) < 4.78 is 31.3. The van der Waals surface area contributed by atoms with Gasteiger partial charge in [0.25, 0.3) is 5.91 Å². The Hall–Kier alpha value is -2.34. The average molecular weight is 552 g/mol. The Balaban J connectivity index is 0.00000400. The first kappa shape index (κ1) is 30.2. The van der Waals surface area contributed by atoms with Crippen molar-refractivity contribution in [3.63, 3.8) is 0 Å². The molecule has 0 radical (unpaired) electrons. The molecule has 4 rings (SSSR count). The summed E-state index contributed by atoms with van der Waals surface area (Å²) in [5.41, 5.74) is 5.86. The SMILES string of the molecule is CCCCC1(CCCC)C(=O)C(C2=NS(O)(O)c3cc(OCC(N)=O)ccc3N2)=C(O)c2ccccc21.[NaH]. The number of amides is 1. The van der Waals surface area contributed by atoms with E-state index >= 15 is 0 Å². The van der Waals surface area contributed by atoms with Crippen LogP contribution >= 0.6 is 10.8 Å². The molecular formula is C27H34N3NaO6S. The summed E-state index contributed by atoms with van der Waals surface area (Å²) in [5, 5.41) is 14.4. The van der Waals surface area contributed by atoms with Crippen LogP contribution in [0, 0.1) is 0 Å². The van der Waals surface area contributed by atoms with Crippen molar-refractivity contribution in [2.45, 2.75) is 62.7 Å². The molecule has 2 aromatic carbocycles. The average Bonchev–Trinajstić information content (AvgIpc) is 2.87. The fourth-order valence-corrected chi connectivity index (χ4v) is 6.20. The number of hydrogen-bond donors (Lipinski definition) is 5. The maximum atomic E-state index is 14.3. The minimum atomic E-state index is -3.77. The van der Waals surface area contributed by atoms with Crippen LogP contribution in [0.1, 0.15) is 63.5 Å². The molecule has 0 atom stereocenters. The molecule has 1 aliphatic heterocycles. The van der Waals surface area contributed by atoms with E-state index in [9.17, 15) is 23.8 Å². The van der Waals surface area contributed by atoms with Gasteiger partial charge in [0.05, 0.1) is 11.1 Å². The second-order valence-corrected chi connectivity index (χ2v) is 11.0. The number of carbonyl (C=O) groups is 2. The Morgan fingerprint density at radius 2 is 1.76 bits per heavy atom. The van der Waals surface area contributed by atoms with Crippen LogP contribution in [0.25, 0.3) is 5.76 Å². The van der Waals surface area contributed by atoms with Crippen LogP contribution in [-0.4, -0.2) is 67.9 Å². The zero-order valence-corrected chi connectivity index (χ0v) is 21.8. The number of ether oxygens (including phenoxy) is 1. The predicted molar refractivity (Wildman–Crippen MR) is 152 cm³/mol. The van der Waals surface area contributed by atoms with Gasteiger partial charge in [-0.25, -0.2) is 0 Å². The predicted octanol–water partition coefficient (Wildman–Crippen LogP) is 4.92. The van der Waals surface area contributed by atoms with E-state index in [-0.39, 0.29) is 69.8 Å². The number of nitrogens with zero attached hydrogens (tertiary/aromatic N) is 1. The van der Waals surface area contributed by atoms with Gasteiger partial charge in [-0.3, -0.25) is 18.7 Å². The molecule has 0 spiro atoms. The van der Waals surface area contributed by atoms with Crippen LogP contribution in [0.5, 0.6) is 5.75 Å². The summed E-state index contributed by atoms with van der Waals surface area (Å²) in [7, 11) is -3.77. The molecule has 0 fully saturated rings.